The number of aliphatic carboxylic acids is 1. The van der Waals surface area contributed by atoms with Gasteiger partial charge >= 0.3 is 12.1 Å². The summed E-state index contributed by atoms with van der Waals surface area (Å²) in [6.07, 6.45) is -2.93. The minimum absolute atomic E-state index is 0.0757. The molecule has 0 amide bonds. The average molecular weight is 287 g/mol. The zero-order chi connectivity index (χ0) is 15.0. The Morgan fingerprint density at radius 2 is 1.90 bits per heavy atom. The van der Waals surface area contributed by atoms with Gasteiger partial charge in [0.1, 0.15) is 0 Å². The Labute approximate surface area is 114 Å². The van der Waals surface area contributed by atoms with Crippen molar-refractivity contribution in [2.24, 2.45) is 5.73 Å². The van der Waals surface area contributed by atoms with Gasteiger partial charge in [0.15, 0.2) is 0 Å². The monoisotopic (exact) mass is 287 g/mol. The number of carboxylic acid groups (broad SMARTS) is 1. The van der Waals surface area contributed by atoms with Crippen molar-refractivity contribution in [3.8, 4) is 0 Å². The van der Waals surface area contributed by atoms with Gasteiger partial charge in [-0.15, -0.1) is 0 Å². The summed E-state index contributed by atoms with van der Waals surface area (Å²) >= 11 is 0. The lowest BCUT2D eigenvalue weighted by Crippen LogP contribution is -2.42. The van der Waals surface area contributed by atoms with Crippen molar-refractivity contribution >= 4 is 5.97 Å². The molecular formula is C14H16F3NO2. The van der Waals surface area contributed by atoms with Crippen LogP contribution in [0.5, 0.6) is 0 Å². The van der Waals surface area contributed by atoms with Crippen LogP contribution >= 0.6 is 0 Å². The maximum absolute atomic E-state index is 12.8. The standard InChI is InChI=1S/C14H16F3NO2/c15-14(16,17)10-3-1-2-9(8-10)13(12(19)20)6-4-11(18)5-7-13/h1-3,8,11H,4-7,18H2,(H,19,20). The highest BCUT2D eigenvalue weighted by Gasteiger charge is 2.44. The third kappa shape index (κ3) is 2.65. The quantitative estimate of drug-likeness (QED) is 0.879. The summed E-state index contributed by atoms with van der Waals surface area (Å²) in [4.78, 5) is 11.6. The second-order valence-corrected chi connectivity index (χ2v) is 5.30. The van der Waals surface area contributed by atoms with E-state index in [9.17, 15) is 23.1 Å². The van der Waals surface area contributed by atoms with Crippen LogP contribution in [0.3, 0.4) is 0 Å². The third-order valence-electron chi connectivity index (χ3n) is 4.04. The first kappa shape index (κ1) is 14.8. The van der Waals surface area contributed by atoms with E-state index in [0.717, 1.165) is 12.1 Å². The van der Waals surface area contributed by atoms with E-state index in [-0.39, 0.29) is 24.4 Å². The number of hydrogen-bond acceptors (Lipinski definition) is 2. The molecule has 0 aromatic heterocycles. The van der Waals surface area contributed by atoms with Crippen molar-refractivity contribution in [2.75, 3.05) is 0 Å². The van der Waals surface area contributed by atoms with Crippen LogP contribution in [0.2, 0.25) is 0 Å². The molecule has 0 atom stereocenters. The summed E-state index contributed by atoms with van der Waals surface area (Å²) in [5.41, 5.74) is 3.91. The number of carboxylic acids is 1. The number of carbonyl (C=O) groups is 1. The van der Waals surface area contributed by atoms with E-state index in [0.29, 0.717) is 12.8 Å². The van der Waals surface area contributed by atoms with Crippen molar-refractivity contribution in [3.63, 3.8) is 0 Å². The Bertz CT molecular complexity index is 505. The molecule has 1 aromatic carbocycles. The van der Waals surface area contributed by atoms with E-state index >= 15 is 0 Å². The Morgan fingerprint density at radius 1 is 1.30 bits per heavy atom. The van der Waals surface area contributed by atoms with Gasteiger partial charge < -0.3 is 10.8 Å². The largest absolute Gasteiger partial charge is 0.481 e. The number of halogens is 3. The van der Waals surface area contributed by atoms with Crippen LogP contribution in [0.4, 0.5) is 13.2 Å². The molecule has 0 spiro atoms. The maximum atomic E-state index is 12.8. The fourth-order valence-electron chi connectivity index (χ4n) is 2.75. The van der Waals surface area contributed by atoms with Crippen LogP contribution in [0.15, 0.2) is 24.3 Å². The fourth-order valence-corrected chi connectivity index (χ4v) is 2.75. The van der Waals surface area contributed by atoms with E-state index in [2.05, 4.69) is 0 Å². The SMILES string of the molecule is NC1CCC(C(=O)O)(c2cccc(C(F)(F)F)c2)CC1. The molecule has 1 saturated carbocycles. The van der Waals surface area contributed by atoms with E-state index in [1.54, 1.807) is 0 Å². The number of rotatable bonds is 2. The molecule has 0 heterocycles. The first-order valence-corrected chi connectivity index (χ1v) is 6.42. The Hall–Kier alpha value is -1.56. The summed E-state index contributed by atoms with van der Waals surface area (Å²) in [6.45, 7) is 0. The zero-order valence-corrected chi connectivity index (χ0v) is 10.8. The summed E-state index contributed by atoms with van der Waals surface area (Å²) in [5, 5.41) is 9.50. The molecule has 3 nitrogen and oxygen atoms in total. The lowest BCUT2D eigenvalue weighted by molar-refractivity contribution is -0.146. The molecule has 0 radical (unpaired) electrons. The molecule has 110 valence electrons. The van der Waals surface area contributed by atoms with Gasteiger partial charge in [0.25, 0.3) is 0 Å². The van der Waals surface area contributed by atoms with Crippen LogP contribution in [-0.2, 0) is 16.4 Å². The maximum Gasteiger partial charge on any atom is 0.416 e. The second-order valence-electron chi connectivity index (χ2n) is 5.30. The van der Waals surface area contributed by atoms with Crippen LogP contribution in [0.25, 0.3) is 0 Å². The summed E-state index contributed by atoms with van der Waals surface area (Å²) in [5.74, 6) is -1.08. The molecular weight excluding hydrogens is 271 g/mol. The van der Waals surface area contributed by atoms with Gasteiger partial charge in [0.2, 0.25) is 0 Å². The molecule has 3 N–H and O–H groups in total. The molecule has 20 heavy (non-hydrogen) atoms. The van der Waals surface area contributed by atoms with E-state index < -0.39 is 23.1 Å². The smallest absolute Gasteiger partial charge is 0.416 e. The number of hydrogen-bond donors (Lipinski definition) is 2. The zero-order valence-electron chi connectivity index (χ0n) is 10.8. The normalized spacial score (nSPS) is 27.3. The van der Waals surface area contributed by atoms with Crippen LogP contribution in [0.1, 0.15) is 36.8 Å². The highest BCUT2D eigenvalue weighted by molar-refractivity contribution is 5.81. The molecule has 1 aliphatic carbocycles. The third-order valence-corrected chi connectivity index (χ3v) is 4.04. The lowest BCUT2D eigenvalue weighted by Gasteiger charge is -2.36. The number of alkyl halides is 3. The molecule has 1 aromatic rings. The van der Waals surface area contributed by atoms with E-state index in [1.165, 1.54) is 12.1 Å². The topological polar surface area (TPSA) is 63.3 Å². The lowest BCUT2D eigenvalue weighted by atomic mass is 9.68. The molecule has 0 aliphatic heterocycles. The van der Waals surface area contributed by atoms with E-state index in [1.807, 2.05) is 0 Å². The van der Waals surface area contributed by atoms with Crippen molar-refractivity contribution in [1.82, 2.24) is 0 Å². The van der Waals surface area contributed by atoms with Crippen LogP contribution in [0, 0.1) is 0 Å². The Balaban J connectivity index is 2.43. The second kappa shape index (κ2) is 5.09. The minimum atomic E-state index is -4.47. The molecule has 1 aliphatic rings. The van der Waals surface area contributed by atoms with Crippen molar-refractivity contribution in [1.29, 1.82) is 0 Å². The molecule has 2 rings (SSSR count). The van der Waals surface area contributed by atoms with Crippen molar-refractivity contribution < 1.29 is 23.1 Å². The molecule has 6 heteroatoms. The van der Waals surface area contributed by atoms with Gasteiger partial charge in [-0.05, 0) is 37.3 Å². The fraction of sp³-hybridized carbons (Fsp3) is 0.500. The molecule has 0 saturated heterocycles. The van der Waals surface area contributed by atoms with Crippen LogP contribution < -0.4 is 5.73 Å². The van der Waals surface area contributed by atoms with Gasteiger partial charge in [-0.3, -0.25) is 4.79 Å². The average Bonchev–Trinajstić information content (AvgIpc) is 2.39. The van der Waals surface area contributed by atoms with Gasteiger partial charge in [-0.1, -0.05) is 18.2 Å². The predicted octanol–water partition coefficient (Wildman–Crippen LogP) is 2.93. The highest BCUT2D eigenvalue weighted by Crippen LogP contribution is 2.41. The van der Waals surface area contributed by atoms with Crippen molar-refractivity contribution in [2.45, 2.75) is 43.3 Å². The summed E-state index contributed by atoms with van der Waals surface area (Å²) in [6, 6.07) is 4.55. The van der Waals surface area contributed by atoms with Gasteiger partial charge in [0, 0.05) is 6.04 Å². The minimum Gasteiger partial charge on any atom is -0.481 e. The van der Waals surface area contributed by atoms with Crippen molar-refractivity contribution in [3.05, 3.63) is 35.4 Å². The summed E-state index contributed by atoms with van der Waals surface area (Å²) < 4.78 is 38.3. The Kier molecular flexibility index (Phi) is 3.77. The molecule has 1 fully saturated rings. The van der Waals surface area contributed by atoms with Gasteiger partial charge in [-0.2, -0.15) is 13.2 Å². The summed E-state index contributed by atoms with van der Waals surface area (Å²) in [7, 11) is 0. The first-order chi connectivity index (χ1) is 9.25. The van der Waals surface area contributed by atoms with Gasteiger partial charge in [-0.25, -0.2) is 0 Å². The molecule has 0 unspecified atom stereocenters. The van der Waals surface area contributed by atoms with E-state index in [4.69, 9.17) is 5.73 Å². The number of benzene rings is 1. The number of nitrogens with two attached hydrogens (primary N) is 1. The first-order valence-electron chi connectivity index (χ1n) is 6.42. The highest BCUT2D eigenvalue weighted by atomic mass is 19.4. The molecule has 0 bridgehead atoms. The predicted molar refractivity (Wildman–Crippen MR) is 67.2 cm³/mol. The van der Waals surface area contributed by atoms with Gasteiger partial charge in [0.05, 0.1) is 11.0 Å². The van der Waals surface area contributed by atoms with Crippen LogP contribution in [-0.4, -0.2) is 17.1 Å². The Morgan fingerprint density at radius 3 is 2.40 bits per heavy atom.